The van der Waals surface area contributed by atoms with Crippen LogP contribution in [0.4, 0.5) is 0 Å². The number of guanidine groups is 1. The van der Waals surface area contributed by atoms with Crippen molar-refractivity contribution in [3.8, 4) is 0 Å². The summed E-state index contributed by atoms with van der Waals surface area (Å²) in [4.78, 5) is 4.24. The molecule has 0 aliphatic heterocycles. The van der Waals surface area contributed by atoms with E-state index in [0.717, 1.165) is 24.8 Å². The van der Waals surface area contributed by atoms with Gasteiger partial charge in [-0.1, -0.05) is 42.5 Å². The number of halogens is 1. The molecule has 0 radical (unpaired) electrons. The first-order chi connectivity index (χ1) is 9.85. The zero-order valence-electron chi connectivity index (χ0n) is 12.4. The number of thioether (sulfide) groups is 1. The van der Waals surface area contributed by atoms with E-state index in [4.69, 9.17) is 0 Å². The first kappa shape index (κ1) is 18.1. The Morgan fingerprint density at radius 3 is 2.62 bits per heavy atom. The van der Waals surface area contributed by atoms with Crippen LogP contribution in [0.1, 0.15) is 5.56 Å². The average Bonchev–Trinajstić information content (AvgIpc) is 2.50. The first-order valence-corrected chi connectivity index (χ1v) is 8.14. The lowest BCUT2D eigenvalue weighted by atomic mass is 10.0. The fourth-order valence-electron chi connectivity index (χ4n) is 2.12. The van der Waals surface area contributed by atoms with Crippen molar-refractivity contribution >= 4 is 52.5 Å². The molecule has 0 unspecified atom stereocenters. The van der Waals surface area contributed by atoms with Crippen LogP contribution in [0.2, 0.25) is 0 Å². The molecule has 0 aliphatic carbocycles. The summed E-state index contributed by atoms with van der Waals surface area (Å²) in [6, 6.07) is 14.9. The van der Waals surface area contributed by atoms with Crippen LogP contribution in [0, 0.1) is 0 Å². The van der Waals surface area contributed by atoms with Crippen LogP contribution in [0.25, 0.3) is 10.8 Å². The molecule has 21 heavy (non-hydrogen) atoms. The van der Waals surface area contributed by atoms with Gasteiger partial charge in [-0.2, -0.15) is 11.8 Å². The normalized spacial score (nSPS) is 11.0. The predicted octanol–water partition coefficient (Wildman–Crippen LogP) is 3.49. The summed E-state index contributed by atoms with van der Waals surface area (Å²) in [5.41, 5.74) is 1.29. The molecule has 0 aromatic heterocycles. The highest BCUT2D eigenvalue weighted by atomic mass is 127. The highest BCUT2D eigenvalue weighted by molar-refractivity contribution is 14.0. The first-order valence-electron chi connectivity index (χ1n) is 6.75. The lowest BCUT2D eigenvalue weighted by Crippen LogP contribution is -2.37. The van der Waals surface area contributed by atoms with Gasteiger partial charge in [0.15, 0.2) is 5.96 Å². The van der Waals surface area contributed by atoms with Crippen LogP contribution >= 0.6 is 35.7 Å². The van der Waals surface area contributed by atoms with E-state index in [2.05, 4.69) is 64.3 Å². The molecule has 5 heteroatoms. The van der Waals surface area contributed by atoms with E-state index in [0.29, 0.717) is 0 Å². The third kappa shape index (κ3) is 5.39. The molecular weight excluding hydrogens is 393 g/mol. The van der Waals surface area contributed by atoms with Gasteiger partial charge in [0.25, 0.3) is 0 Å². The Kier molecular flexibility index (Phi) is 8.52. The maximum Gasteiger partial charge on any atom is 0.191 e. The van der Waals surface area contributed by atoms with Crippen LogP contribution in [-0.2, 0) is 6.54 Å². The Bertz CT molecular complexity index is 581. The number of hydrogen-bond acceptors (Lipinski definition) is 2. The molecule has 0 bridgehead atoms. The Balaban J connectivity index is 0.00000220. The lowest BCUT2D eigenvalue weighted by Gasteiger charge is -2.12. The maximum absolute atomic E-state index is 4.24. The van der Waals surface area contributed by atoms with Gasteiger partial charge < -0.3 is 10.6 Å². The van der Waals surface area contributed by atoms with Crippen molar-refractivity contribution in [3.05, 3.63) is 48.0 Å². The zero-order valence-corrected chi connectivity index (χ0v) is 15.6. The maximum atomic E-state index is 4.24. The number of aliphatic imine (C=N–C) groups is 1. The van der Waals surface area contributed by atoms with Crippen LogP contribution in [0.15, 0.2) is 47.5 Å². The van der Waals surface area contributed by atoms with E-state index in [1.807, 2.05) is 11.8 Å². The molecule has 0 spiro atoms. The molecule has 0 fully saturated rings. The Morgan fingerprint density at radius 1 is 1.10 bits per heavy atom. The number of fused-ring (bicyclic) bond motifs is 1. The SMILES string of the molecule is CN=C(NCCSC)NCc1cccc2ccccc12.I. The summed E-state index contributed by atoms with van der Waals surface area (Å²) >= 11 is 1.83. The summed E-state index contributed by atoms with van der Waals surface area (Å²) in [5.74, 6) is 1.93. The minimum absolute atomic E-state index is 0. The molecule has 0 saturated carbocycles. The van der Waals surface area contributed by atoms with E-state index < -0.39 is 0 Å². The molecule has 2 rings (SSSR count). The van der Waals surface area contributed by atoms with Gasteiger partial charge in [0.2, 0.25) is 0 Å². The van der Waals surface area contributed by atoms with Crippen LogP contribution in [0.3, 0.4) is 0 Å². The van der Waals surface area contributed by atoms with Crippen LogP contribution < -0.4 is 10.6 Å². The van der Waals surface area contributed by atoms with Gasteiger partial charge in [-0.15, -0.1) is 24.0 Å². The molecule has 0 aliphatic rings. The lowest BCUT2D eigenvalue weighted by molar-refractivity contribution is 0.837. The number of rotatable bonds is 5. The van der Waals surface area contributed by atoms with Crippen molar-refractivity contribution in [2.45, 2.75) is 6.54 Å². The molecule has 0 saturated heterocycles. The molecule has 2 aromatic carbocycles. The fraction of sp³-hybridized carbons (Fsp3) is 0.312. The molecule has 2 aromatic rings. The largest absolute Gasteiger partial charge is 0.356 e. The molecule has 3 nitrogen and oxygen atoms in total. The molecule has 0 heterocycles. The second-order valence-electron chi connectivity index (χ2n) is 4.48. The van der Waals surface area contributed by atoms with E-state index in [1.165, 1.54) is 16.3 Å². The summed E-state index contributed by atoms with van der Waals surface area (Å²) in [6.07, 6.45) is 2.11. The average molecular weight is 415 g/mol. The number of hydrogen-bond donors (Lipinski definition) is 2. The molecule has 0 amide bonds. The Morgan fingerprint density at radius 2 is 1.86 bits per heavy atom. The van der Waals surface area contributed by atoms with Gasteiger partial charge in [-0.25, -0.2) is 0 Å². The fourth-order valence-corrected chi connectivity index (χ4v) is 2.42. The van der Waals surface area contributed by atoms with E-state index in [9.17, 15) is 0 Å². The summed E-state index contributed by atoms with van der Waals surface area (Å²) < 4.78 is 0. The molecule has 2 N–H and O–H groups in total. The quantitative estimate of drug-likeness (QED) is 0.340. The van der Waals surface area contributed by atoms with Crippen molar-refractivity contribution in [1.29, 1.82) is 0 Å². The van der Waals surface area contributed by atoms with Gasteiger partial charge in [0.05, 0.1) is 0 Å². The van der Waals surface area contributed by atoms with Crippen molar-refractivity contribution in [3.63, 3.8) is 0 Å². The monoisotopic (exact) mass is 415 g/mol. The minimum atomic E-state index is 0. The number of nitrogens with one attached hydrogen (secondary N) is 2. The van der Waals surface area contributed by atoms with Crippen LogP contribution in [0.5, 0.6) is 0 Å². The van der Waals surface area contributed by atoms with Crippen molar-refractivity contribution in [2.24, 2.45) is 4.99 Å². The van der Waals surface area contributed by atoms with E-state index in [-0.39, 0.29) is 24.0 Å². The predicted molar refractivity (Wildman–Crippen MR) is 106 cm³/mol. The number of benzene rings is 2. The third-order valence-corrected chi connectivity index (χ3v) is 3.76. The third-order valence-electron chi connectivity index (χ3n) is 3.15. The van der Waals surface area contributed by atoms with Crippen molar-refractivity contribution in [1.82, 2.24) is 10.6 Å². The van der Waals surface area contributed by atoms with Gasteiger partial charge in [-0.3, -0.25) is 4.99 Å². The van der Waals surface area contributed by atoms with Crippen molar-refractivity contribution in [2.75, 3.05) is 25.6 Å². The van der Waals surface area contributed by atoms with Gasteiger partial charge in [-0.05, 0) is 22.6 Å². The topological polar surface area (TPSA) is 36.4 Å². The molecular formula is C16H22IN3S. The van der Waals surface area contributed by atoms with E-state index in [1.54, 1.807) is 7.05 Å². The molecule has 0 atom stereocenters. The van der Waals surface area contributed by atoms with E-state index >= 15 is 0 Å². The second-order valence-corrected chi connectivity index (χ2v) is 5.47. The Hall–Kier alpha value is -0.950. The second kappa shape index (κ2) is 9.89. The zero-order chi connectivity index (χ0) is 14.2. The number of nitrogens with zero attached hydrogens (tertiary/aromatic N) is 1. The smallest absolute Gasteiger partial charge is 0.191 e. The Labute approximate surface area is 148 Å². The summed E-state index contributed by atoms with van der Waals surface area (Å²) in [7, 11) is 1.80. The summed E-state index contributed by atoms with van der Waals surface area (Å²) in [5, 5.41) is 9.24. The highest BCUT2D eigenvalue weighted by Gasteiger charge is 2.01. The van der Waals surface area contributed by atoms with Gasteiger partial charge >= 0.3 is 0 Å². The molecule has 114 valence electrons. The standard InChI is InChI=1S/C16H21N3S.HI/c1-17-16(18-10-11-20-2)19-12-14-8-5-7-13-6-3-4-9-15(13)14;/h3-9H,10-12H2,1-2H3,(H2,17,18,19);1H. The van der Waals surface area contributed by atoms with Crippen molar-refractivity contribution < 1.29 is 0 Å². The van der Waals surface area contributed by atoms with Gasteiger partial charge in [0, 0.05) is 25.9 Å². The van der Waals surface area contributed by atoms with Gasteiger partial charge in [0.1, 0.15) is 0 Å². The van der Waals surface area contributed by atoms with Crippen LogP contribution in [-0.4, -0.2) is 31.6 Å². The highest BCUT2D eigenvalue weighted by Crippen LogP contribution is 2.18. The summed E-state index contributed by atoms with van der Waals surface area (Å²) in [6.45, 7) is 1.71. The minimum Gasteiger partial charge on any atom is -0.356 e.